The Balaban J connectivity index is 1.29. The van der Waals surface area contributed by atoms with Gasteiger partial charge in [-0.1, -0.05) is 29.5 Å². The zero-order chi connectivity index (χ0) is 18.9. The summed E-state index contributed by atoms with van der Waals surface area (Å²) in [5.74, 6) is 0.911. The third kappa shape index (κ3) is 3.19. The molecule has 0 fully saturated rings. The highest BCUT2D eigenvalue weighted by Gasteiger charge is 2.21. The average molecular weight is 375 g/mol. The van der Waals surface area contributed by atoms with Crippen LogP contribution in [0.5, 0.6) is 5.75 Å². The van der Waals surface area contributed by atoms with Crippen LogP contribution in [0.2, 0.25) is 0 Å². The van der Waals surface area contributed by atoms with Gasteiger partial charge in [0.05, 0.1) is 11.9 Å². The molecule has 0 saturated heterocycles. The number of amides is 1. The summed E-state index contributed by atoms with van der Waals surface area (Å²) < 4.78 is 7.22. The first-order valence-corrected chi connectivity index (χ1v) is 9.52. The van der Waals surface area contributed by atoms with Gasteiger partial charge in [0.1, 0.15) is 24.6 Å². The lowest BCUT2D eigenvalue weighted by Crippen LogP contribution is -2.38. The van der Waals surface area contributed by atoms with Crippen molar-refractivity contribution in [1.29, 1.82) is 0 Å². The van der Waals surface area contributed by atoms with Gasteiger partial charge in [-0.2, -0.15) is 0 Å². The summed E-state index contributed by atoms with van der Waals surface area (Å²) in [6.45, 7) is 3.06. The number of carbonyl (C=O) groups excluding carboxylic acids is 1. The highest BCUT2D eigenvalue weighted by Crippen LogP contribution is 2.31. The predicted molar refractivity (Wildman–Crippen MR) is 105 cm³/mol. The van der Waals surface area contributed by atoms with Gasteiger partial charge in [-0.25, -0.2) is 4.68 Å². The van der Waals surface area contributed by atoms with E-state index in [1.807, 2.05) is 35.4 Å². The topological polar surface area (TPSA) is 72.3 Å². The number of hydrogen-bond acceptors (Lipinski definition) is 5. The van der Waals surface area contributed by atoms with Gasteiger partial charge in [0, 0.05) is 25.2 Å². The van der Waals surface area contributed by atoms with E-state index in [0.717, 1.165) is 42.2 Å². The number of fused-ring (bicyclic) bond motifs is 2. The molecule has 0 bridgehead atoms. The second-order valence-corrected chi connectivity index (χ2v) is 7.12. The molecule has 1 amide bonds. The van der Waals surface area contributed by atoms with Crippen molar-refractivity contribution in [2.75, 3.05) is 25.0 Å². The Bertz CT molecular complexity index is 1030. The van der Waals surface area contributed by atoms with E-state index in [0.29, 0.717) is 13.2 Å². The molecule has 3 aromatic rings. The van der Waals surface area contributed by atoms with E-state index in [4.69, 9.17) is 4.74 Å². The Morgan fingerprint density at radius 3 is 3.00 bits per heavy atom. The molecule has 2 aliphatic heterocycles. The molecule has 2 aliphatic rings. The second-order valence-electron chi connectivity index (χ2n) is 7.12. The number of nitrogens with one attached hydrogen (secondary N) is 1. The number of nitrogens with zero attached hydrogens (tertiary/aromatic N) is 4. The molecule has 3 heterocycles. The van der Waals surface area contributed by atoms with E-state index < -0.39 is 0 Å². The predicted octanol–water partition coefficient (Wildman–Crippen LogP) is 2.33. The van der Waals surface area contributed by atoms with Gasteiger partial charge in [0.25, 0.3) is 0 Å². The molecule has 0 spiro atoms. The number of hydrogen-bond donors (Lipinski definition) is 1. The number of ether oxygens (including phenoxy) is 1. The Labute approximate surface area is 162 Å². The number of carbonyl (C=O) groups is 1. The lowest BCUT2D eigenvalue weighted by molar-refractivity contribution is -0.133. The molecular weight excluding hydrogens is 354 g/mol. The zero-order valence-corrected chi connectivity index (χ0v) is 15.5. The van der Waals surface area contributed by atoms with Crippen LogP contribution in [0, 0.1) is 0 Å². The normalized spacial score (nSPS) is 15.2. The van der Waals surface area contributed by atoms with Crippen molar-refractivity contribution in [3.05, 3.63) is 59.8 Å². The molecule has 2 aromatic carbocycles. The summed E-state index contributed by atoms with van der Waals surface area (Å²) in [7, 11) is 0. The van der Waals surface area contributed by atoms with Gasteiger partial charge in [-0.3, -0.25) is 4.79 Å². The maximum atomic E-state index is 12.7. The van der Waals surface area contributed by atoms with Crippen LogP contribution >= 0.6 is 0 Å². The fourth-order valence-electron chi connectivity index (χ4n) is 3.76. The Morgan fingerprint density at radius 2 is 2.07 bits per heavy atom. The van der Waals surface area contributed by atoms with E-state index in [1.54, 1.807) is 4.68 Å². The molecule has 0 unspecified atom stereocenters. The van der Waals surface area contributed by atoms with Crippen molar-refractivity contribution in [3.63, 3.8) is 0 Å². The summed E-state index contributed by atoms with van der Waals surface area (Å²) in [5.41, 5.74) is 5.21. The fraction of sp³-hybridized carbons (Fsp3) is 0.286. The summed E-state index contributed by atoms with van der Waals surface area (Å²) in [6, 6.07) is 14.2. The van der Waals surface area contributed by atoms with Crippen LogP contribution < -0.4 is 10.1 Å². The fourth-order valence-corrected chi connectivity index (χ4v) is 3.76. The molecule has 1 N–H and O–H groups in total. The lowest BCUT2D eigenvalue weighted by Gasteiger charge is -2.28. The monoisotopic (exact) mass is 375 g/mol. The smallest absolute Gasteiger partial charge is 0.244 e. The molecule has 142 valence electrons. The van der Waals surface area contributed by atoms with Crippen LogP contribution in [-0.2, 0) is 24.3 Å². The van der Waals surface area contributed by atoms with E-state index >= 15 is 0 Å². The molecule has 7 nitrogen and oxygen atoms in total. The highest BCUT2D eigenvalue weighted by atomic mass is 16.5. The minimum absolute atomic E-state index is 0.0615. The van der Waals surface area contributed by atoms with E-state index in [9.17, 15) is 4.79 Å². The van der Waals surface area contributed by atoms with Crippen LogP contribution in [0.3, 0.4) is 0 Å². The summed E-state index contributed by atoms with van der Waals surface area (Å²) in [5, 5.41) is 11.7. The molecule has 1 aromatic heterocycles. The molecule has 0 aliphatic carbocycles. The average Bonchev–Trinajstić information content (AvgIpc) is 3.21. The first kappa shape index (κ1) is 16.8. The van der Waals surface area contributed by atoms with Crippen molar-refractivity contribution in [2.24, 2.45) is 0 Å². The van der Waals surface area contributed by atoms with Crippen molar-refractivity contribution >= 4 is 11.6 Å². The van der Waals surface area contributed by atoms with Gasteiger partial charge in [0.2, 0.25) is 5.91 Å². The molecular formula is C21H21N5O2. The van der Waals surface area contributed by atoms with Crippen LogP contribution in [-0.4, -0.2) is 45.5 Å². The van der Waals surface area contributed by atoms with Gasteiger partial charge in [0.15, 0.2) is 0 Å². The highest BCUT2D eigenvalue weighted by molar-refractivity contribution is 5.76. The van der Waals surface area contributed by atoms with Crippen LogP contribution in [0.15, 0.2) is 48.7 Å². The number of aromatic nitrogens is 3. The molecule has 0 radical (unpaired) electrons. The maximum absolute atomic E-state index is 12.7. The number of anilines is 1. The van der Waals surface area contributed by atoms with Crippen molar-refractivity contribution in [1.82, 2.24) is 19.9 Å². The van der Waals surface area contributed by atoms with Crippen LogP contribution in [0.1, 0.15) is 11.1 Å². The number of rotatable bonds is 3. The first-order chi connectivity index (χ1) is 13.8. The zero-order valence-electron chi connectivity index (χ0n) is 15.5. The van der Waals surface area contributed by atoms with Crippen molar-refractivity contribution in [3.8, 4) is 17.0 Å². The molecule has 5 rings (SSSR count). The maximum Gasteiger partial charge on any atom is 0.244 e. The summed E-state index contributed by atoms with van der Waals surface area (Å²) >= 11 is 0. The summed E-state index contributed by atoms with van der Waals surface area (Å²) in [4.78, 5) is 14.6. The molecule has 0 saturated carbocycles. The SMILES string of the molecule is O=C(Cn1cc(-c2ccc3c(c2)NCCO3)nn1)N1CCc2ccccc2C1. The Hall–Kier alpha value is -3.35. The molecule has 7 heteroatoms. The minimum atomic E-state index is 0.0615. The van der Waals surface area contributed by atoms with Crippen molar-refractivity contribution < 1.29 is 9.53 Å². The molecule has 0 atom stereocenters. The largest absolute Gasteiger partial charge is 0.490 e. The van der Waals surface area contributed by atoms with Gasteiger partial charge < -0.3 is 15.0 Å². The van der Waals surface area contributed by atoms with Crippen LogP contribution in [0.25, 0.3) is 11.3 Å². The second kappa shape index (κ2) is 6.99. The van der Waals surface area contributed by atoms with Crippen LogP contribution in [0.4, 0.5) is 5.69 Å². The van der Waals surface area contributed by atoms with Gasteiger partial charge in [-0.05, 0) is 35.7 Å². The number of benzene rings is 2. The Kier molecular flexibility index (Phi) is 4.20. The van der Waals surface area contributed by atoms with Gasteiger partial charge in [-0.15, -0.1) is 5.10 Å². The Morgan fingerprint density at radius 1 is 1.18 bits per heavy atom. The quantitative estimate of drug-likeness (QED) is 0.761. The van der Waals surface area contributed by atoms with E-state index in [-0.39, 0.29) is 12.5 Å². The standard InChI is InChI=1S/C21H21N5O2/c27-21(25-9-7-15-3-1-2-4-17(15)12-25)14-26-13-19(23-24-26)16-5-6-20-18(11-16)22-8-10-28-20/h1-6,11,13,22H,7-10,12,14H2. The minimum Gasteiger partial charge on any atom is -0.490 e. The van der Waals surface area contributed by atoms with Gasteiger partial charge >= 0.3 is 0 Å². The third-order valence-corrected chi connectivity index (χ3v) is 5.27. The van der Waals surface area contributed by atoms with Crippen molar-refractivity contribution in [2.45, 2.75) is 19.5 Å². The first-order valence-electron chi connectivity index (χ1n) is 9.52. The third-order valence-electron chi connectivity index (χ3n) is 5.27. The van der Waals surface area contributed by atoms with E-state index in [2.05, 4.69) is 33.8 Å². The lowest BCUT2D eigenvalue weighted by atomic mass is 10.00. The molecule has 28 heavy (non-hydrogen) atoms. The summed E-state index contributed by atoms with van der Waals surface area (Å²) in [6.07, 6.45) is 2.72. The van der Waals surface area contributed by atoms with E-state index in [1.165, 1.54) is 11.1 Å².